The number of nitrogens with one attached hydrogen (secondary N) is 1. The normalized spacial score (nSPS) is 18.5. The molecule has 1 N–H and O–H groups in total. The van der Waals surface area contributed by atoms with Crippen molar-refractivity contribution < 1.29 is 13.6 Å². The lowest BCUT2D eigenvalue weighted by Crippen LogP contribution is -2.46. The molecule has 0 radical (unpaired) electrons. The molecule has 1 fully saturated rings. The Hall–Kier alpha value is -1.49. The average molecular weight is 296 g/mol. The molecule has 0 saturated carbocycles. The summed E-state index contributed by atoms with van der Waals surface area (Å²) >= 11 is 0. The topological polar surface area (TPSA) is 32.3 Å². The first-order valence-corrected chi connectivity index (χ1v) is 7.56. The second kappa shape index (κ2) is 7.50. The molecule has 3 nitrogen and oxygen atoms in total. The summed E-state index contributed by atoms with van der Waals surface area (Å²) in [6.45, 7) is 4.10. The van der Waals surface area contributed by atoms with Crippen LogP contribution in [-0.4, -0.2) is 36.5 Å². The lowest BCUT2D eigenvalue weighted by Gasteiger charge is -2.30. The third-order valence-corrected chi connectivity index (χ3v) is 3.96. The maximum atomic E-state index is 13.6. The Morgan fingerprint density at radius 1 is 1.38 bits per heavy atom. The van der Waals surface area contributed by atoms with Crippen LogP contribution in [0.3, 0.4) is 0 Å². The largest absolute Gasteiger partial charge is 0.341 e. The molecule has 1 amide bonds. The van der Waals surface area contributed by atoms with Gasteiger partial charge in [-0.2, -0.15) is 0 Å². The van der Waals surface area contributed by atoms with Gasteiger partial charge in [0.25, 0.3) is 0 Å². The molecule has 0 aromatic heterocycles. The maximum absolute atomic E-state index is 13.6. The van der Waals surface area contributed by atoms with Crippen LogP contribution in [0.15, 0.2) is 18.2 Å². The van der Waals surface area contributed by atoms with E-state index in [1.54, 1.807) is 4.90 Å². The van der Waals surface area contributed by atoms with Gasteiger partial charge < -0.3 is 10.2 Å². The van der Waals surface area contributed by atoms with Gasteiger partial charge in [0.1, 0.15) is 0 Å². The molecule has 1 heterocycles. The van der Waals surface area contributed by atoms with Gasteiger partial charge in [0.15, 0.2) is 11.6 Å². The van der Waals surface area contributed by atoms with E-state index in [-0.39, 0.29) is 17.9 Å². The number of halogens is 2. The second-order valence-electron chi connectivity index (χ2n) is 5.47. The Labute approximate surface area is 124 Å². The van der Waals surface area contributed by atoms with Crippen LogP contribution in [0.1, 0.15) is 31.7 Å². The van der Waals surface area contributed by atoms with Gasteiger partial charge in [-0.15, -0.1) is 0 Å². The molecule has 21 heavy (non-hydrogen) atoms. The number of piperidine rings is 1. The minimum Gasteiger partial charge on any atom is -0.341 e. The summed E-state index contributed by atoms with van der Waals surface area (Å²) in [5.74, 6) is -1.98. The fraction of sp³-hybridized carbons (Fsp3) is 0.562. The highest BCUT2D eigenvalue weighted by molar-refractivity contribution is 5.78. The number of rotatable bonds is 5. The molecular formula is C16H22F2N2O. The van der Waals surface area contributed by atoms with Gasteiger partial charge in [0.2, 0.25) is 5.91 Å². The van der Waals surface area contributed by atoms with Gasteiger partial charge >= 0.3 is 0 Å². The highest BCUT2D eigenvalue weighted by atomic mass is 19.2. The van der Waals surface area contributed by atoms with Crippen molar-refractivity contribution in [3.8, 4) is 0 Å². The number of hydrogen-bond acceptors (Lipinski definition) is 2. The van der Waals surface area contributed by atoms with Crippen LogP contribution in [0.5, 0.6) is 0 Å². The van der Waals surface area contributed by atoms with E-state index < -0.39 is 11.6 Å². The first kappa shape index (κ1) is 15.9. The van der Waals surface area contributed by atoms with E-state index in [0.717, 1.165) is 19.0 Å². The minimum atomic E-state index is -0.919. The van der Waals surface area contributed by atoms with E-state index >= 15 is 0 Å². The number of carbonyl (C=O) groups is 1. The summed E-state index contributed by atoms with van der Waals surface area (Å²) in [7, 11) is 0. The fourth-order valence-electron chi connectivity index (χ4n) is 2.71. The van der Waals surface area contributed by atoms with Crippen LogP contribution in [0, 0.1) is 11.6 Å². The van der Waals surface area contributed by atoms with E-state index in [4.69, 9.17) is 0 Å². The first-order chi connectivity index (χ1) is 10.1. The SMILES string of the molecule is CCN(CC1CCCCN1)C(=O)Cc1cccc(F)c1F. The molecule has 1 atom stereocenters. The minimum absolute atomic E-state index is 0.0931. The van der Waals surface area contributed by atoms with Crippen LogP contribution in [0.25, 0.3) is 0 Å². The van der Waals surface area contributed by atoms with Gasteiger partial charge in [0, 0.05) is 24.7 Å². The summed E-state index contributed by atoms with van der Waals surface area (Å²) in [5, 5.41) is 3.40. The molecule has 1 aliphatic rings. The van der Waals surface area contributed by atoms with Gasteiger partial charge in [0.05, 0.1) is 6.42 Å². The van der Waals surface area contributed by atoms with E-state index in [1.165, 1.54) is 25.0 Å². The van der Waals surface area contributed by atoms with Gasteiger partial charge in [-0.25, -0.2) is 8.78 Å². The number of carbonyl (C=O) groups excluding carboxylic acids is 1. The van der Waals surface area contributed by atoms with Crippen molar-refractivity contribution in [1.29, 1.82) is 0 Å². The first-order valence-electron chi connectivity index (χ1n) is 7.56. The van der Waals surface area contributed by atoms with Crippen molar-refractivity contribution in [1.82, 2.24) is 10.2 Å². The van der Waals surface area contributed by atoms with Gasteiger partial charge in [-0.3, -0.25) is 4.79 Å². The quantitative estimate of drug-likeness (QED) is 0.905. The van der Waals surface area contributed by atoms with Crippen LogP contribution < -0.4 is 5.32 Å². The summed E-state index contributed by atoms with van der Waals surface area (Å²) < 4.78 is 26.8. The predicted molar refractivity (Wildman–Crippen MR) is 78.0 cm³/mol. The van der Waals surface area contributed by atoms with Crippen molar-refractivity contribution >= 4 is 5.91 Å². The third-order valence-electron chi connectivity index (χ3n) is 3.96. The summed E-state index contributed by atoms with van der Waals surface area (Å²) in [6, 6.07) is 4.26. The Morgan fingerprint density at radius 2 is 2.19 bits per heavy atom. The third kappa shape index (κ3) is 4.24. The highest BCUT2D eigenvalue weighted by Crippen LogP contribution is 2.14. The van der Waals surface area contributed by atoms with Gasteiger partial charge in [-0.05, 0) is 32.4 Å². The van der Waals surface area contributed by atoms with E-state index in [1.807, 2.05) is 6.92 Å². The second-order valence-corrected chi connectivity index (χ2v) is 5.47. The molecule has 5 heteroatoms. The van der Waals surface area contributed by atoms with Crippen molar-refractivity contribution in [2.75, 3.05) is 19.6 Å². The smallest absolute Gasteiger partial charge is 0.227 e. The standard InChI is InChI=1S/C16H22F2N2O/c1-2-20(11-13-7-3-4-9-19-13)15(21)10-12-6-5-8-14(17)16(12)18/h5-6,8,13,19H,2-4,7,9-11H2,1H3. The van der Waals surface area contributed by atoms with Crippen molar-refractivity contribution in [3.05, 3.63) is 35.4 Å². The molecule has 0 spiro atoms. The lowest BCUT2D eigenvalue weighted by atomic mass is 10.0. The molecule has 116 valence electrons. The Balaban J connectivity index is 1.97. The monoisotopic (exact) mass is 296 g/mol. The molecule has 1 saturated heterocycles. The predicted octanol–water partition coefficient (Wildman–Crippen LogP) is 2.50. The molecule has 1 aromatic rings. The molecule has 1 unspecified atom stereocenters. The van der Waals surface area contributed by atoms with Crippen molar-refractivity contribution in [3.63, 3.8) is 0 Å². The fourth-order valence-corrected chi connectivity index (χ4v) is 2.71. The number of amides is 1. The maximum Gasteiger partial charge on any atom is 0.227 e. The van der Waals surface area contributed by atoms with E-state index in [2.05, 4.69) is 5.32 Å². The van der Waals surface area contributed by atoms with Crippen LogP contribution >= 0.6 is 0 Å². The zero-order chi connectivity index (χ0) is 15.2. The van der Waals surface area contributed by atoms with Crippen LogP contribution in [-0.2, 0) is 11.2 Å². The molecule has 2 rings (SSSR count). The van der Waals surface area contributed by atoms with Crippen molar-refractivity contribution in [2.24, 2.45) is 0 Å². The van der Waals surface area contributed by atoms with Crippen LogP contribution in [0.4, 0.5) is 8.78 Å². The molecule has 1 aromatic carbocycles. The van der Waals surface area contributed by atoms with E-state index in [9.17, 15) is 13.6 Å². The highest BCUT2D eigenvalue weighted by Gasteiger charge is 2.21. The Morgan fingerprint density at radius 3 is 2.86 bits per heavy atom. The molecular weight excluding hydrogens is 274 g/mol. The number of benzene rings is 1. The summed E-state index contributed by atoms with van der Waals surface area (Å²) in [6.07, 6.45) is 3.30. The molecule has 0 bridgehead atoms. The zero-order valence-corrected chi connectivity index (χ0v) is 12.4. The van der Waals surface area contributed by atoms with Gasteiger partial charge in [-0.1, -0.05) is 18.6 Å². The van der Waals surface area contributed by atoms with Crippen LogP contribution in [0.2, 0.25) is 0 Å². The Kier molecular flexibility index (Phi) is 5.67. The number of likely N-dealkylation sites (N-methyl/N-ethyl adjacent to an activating group) is 1. The average Bonchev–Trinajstić information content (AvgIpc) is 2.50. The number of hydrogen-bond donors (Lipinski definition) is 1. The molecule has 0 aliphatic carbocycles. The van der Waals surface area contributed by atoms with Crippen molar-refractivity contribution in [2.45, 2.75) is 38.6 Å². The number of nitrogens with zero attached hydrogens (tertiary/aromatic N) is 1. The zero-order valence-electron chi connectivity index (χ0n) is 12.4. The van der Waals surface area contributed by atoms with E-state index in [0.29, 0.717) is 19.1 Å². The molecule has 1 aliphatic heterocycles. The Bertz CT molecular complexity index is 487. The lowest BCUT2D eigenvalue weighted by molar-refractivity contribution is -0.130. The summed E-state index contributed by atoms with van der Waals surface area (Å²) in [4.78, 5) is 14.0. The summed E-state index contributed by atoms with van der Waals surface area (Å²) in [5.41, 5.74) is 0.120.